The van der Waals surface area contributed by atoms with Crippen molar-refractivity contribution in [3.05, 3.63) is 0 Å². The fraction of sp³-hybridized carbons (Fsp3) is 0.941. The van der Waals surface area contributed by atoms with Crippen molar-refractivity contribution < 1.29 is 4.79 Å². The van der Waals surface area contributed by atoms with Crippen LogP contribution in [-0.2, 0) is 4.79 Å². The van der Waals surface area contributed by atoms with E-state index >= 15 is 0 Å². The number of carbonyl (C=O) groups is 1. The van der Waals surface area contributed by atoms with Crippen LogP contribution in [0.4, 0.5) is 0 Å². The monoisotopic (exact) mass is 280 g/mol. The number of hydrogen-bond acceptors (Lipinski definition) is 2. The van der Waals surface area contributed by atoms with Crippen molar-refractivity contribution in [1.29, 1.82) is 0 Å². The average molecular weight is 280 g/mol. The summed E-state index contributed by atoms with van der Waals surface area (Å²) in [6.07, 6.45) is 6.77. The molecule has 116 valence electrons. The van der Waals surface area contributed by atoms with Gasteiger partial charge in [0.15, 0.2) is 0 Å². The van der Waals surface area contributed by atoms with Crippen LogP contribution in [-0.4, -0.2) is 37.0 Å². The van der Waals surface area contributed by atoms with Crippen LogP contribution in [0.15, 0.2) is 0 Å². The topological polar surface area (TPSA) is 32.3 Å². The Morgan fingerprint density at radius 1 is 1.35 bits per heavy atom. The third-order valence-electron chi connectivity index (χ3n) is 5.42. The van der Waals surface area contributed by atoms with E-state index in [0.29, 0.717) is 5.91 Å². The Kier molecular flexibility index (Phi) is 5.48. The van der Waals surface area contributed by atoms with Crippen molar-refractivity contribution in [3.63, 3.8) is 0 Å². The van der Waals surface area contributed by atoms with Crippen molar-refractivity contribution in [2.45, 2.75) is 59.3 Å². The van der Waals surface area contributed by atoms with E-state index in [-0.39, 0.29) is 5.41 Å². The molecule has 0 bridgehead atoms. The quantitative estimate of drug-likeness (QED) is 0.858. The van der Waals surface area contributed by atoms with E-state index < -0.39 is 0 Å². The molecule has 2 heterocycles. The van der Waals surface area contributed by atoms with E-state index in [4.69, 9.17) is 0 Å². The summed E-state index contributed by atoms with van der Waals surface area (Å²) >= 11 is 0. The summed E-state index contributed by atoms with van der Waals surface area (Å²) in [6, 6.07) is 0. The molecule has 3 heteroatoms. The molecule has 1 amide bonds. The minimum Gasteiger partial charge on any atom is -0.342 e. The number of likely N-dealkylation sites (tertiary alicyclic amines) is 1. The minimum absolute atomic E-state index is 0.0995. The molecule has 0 aromatic carbocycles. The first kappa shape index (κ1) is 15.8. The Balaban J connectivity index is 1.98. The zero-order valence-corrected chi connectivity index (χ0v) is 13.6. The SMILES string of the molecule is CCCC1(C(=O)N2CCC(C(C)C)CC2)CCCNC1. The summed E-state index contributed by atoms with van der Waals surface area (Å²) in [4.78, 5) is 15.2. The maximum Gasteiger partial charge on any atom is 0.230 e. The molecule has 0 aromatic heterocycles. The molecule has 0 aliphatic carbocycles. The minimum atomic E-state index is -0.0995. The maximum absolute atomic E-state index is 13.0. The normalized spacial score (nSPS) is 28.9. The van der Waals surface area contributed by atoms with Crippen molar-refractivity contribution >= 4 is 5.91 Å². The molecule has 1 unspecified atom stereocenters. The van der Waals surface area contributed by atoms with Gasteiger partial charge in [0.1, 0.15) is 0 Å². The molecule has 2 aliphatic heterocycles. The Morgan fingerprint density at radius 2 is 2.05 bits per heavy atom. The van der Waals surface area contributed by atoms with Crippen molar-refractivity contribution in [2.24, 2.45) is 17.3 Å². The third kappa shape index (κ3) is 3.36. The van der Waals surface area contributed by atoms with Crippen LogP contribution in [0.2, 0.25) is 0 Å². The highest BCUT2D eigenvalue weighted by Crippen LogP contribution is 2.35. The second-order valence-electron chi connectivity index (χ2n) is 7.18. The molecular weight excluding hydrogens is 248 g/mol. The van der Waals surface area contributed by atoms with Crippen LogP contribution in [0.3, 0.4) is 0 Å². The van der Waals surface area contributed by atoms with Gasteiger partial charge < -0.3 is 10.2 Å². The fourth-order valence-corrected chi connectivity index (χ4v) is 4.05. The number of rotatable bonds is 4. The smallest absolute Gasteiger partial charge is 0.230 e. The molecule has 2 fully saturated rings. The van der Waals surface area contributed by atoms with Gasteiger partial charge >= 0.3 is 0 Å². The lowest BCUT2D eigenvalue weighted by atomic mass is 9.75. The molecule has 0 spiro atoms. The predicted molar refractivity (Wildman–Crippen MR) is 83.6 cm³/mol. The molecule has 2 rings (SSSR count). The van der Waals surface area contributed by atoms with E-state index in [9.17, 15) is 4.79 Å². The lowest BCUT2D eigenvalue weighted by Gasteiger charge is -2.43. The zero-order chi connectivity index (χ0) is 14.6. The lowest BCUT2D eigenvalue weighted by molar-refractivity contribution is -0.145. The largest absolute Gasteiger partial charge is 0.342 e. The summed E-state index contributed by atoms with van der Waals surface area (Å²) in [6.45, 7) is 10.8. The fourth-order valence-electron chi connectivity index (χ4n) is 4.05. The summed E-state index contributed by atoms with van der Waals surface area (Å²) in [5, 5.41) is 3.46. The molecule has 1 atom stereocenters. The van der Waals surface area contributed by atoms with E-state index in [0.717, 1.165) is 63.7 Å². The molecule has 0 radical (unpaired) electrons. The van der Waals surface area contributed by atoms with Crippen molar-refractivity contribution in [2.75, 3.05) is 26.2 Å². The lowest BCUT2D eigenvalue weighted by Crippen LogP contribution is -2.53. The zero-order valence-electron chi connectivity index (χ0n) is 13.6. The van der Waals surface area contributed by atoms with E-state index in [1.807, 2.05) is 0 Å². The number of hydrogen-bond donors (Lipinski definition) is 1. The second-order valence-corrected chi connectivity index (χ2v) is 7.18. The van der Waals surface area contributed by atoms with Gasteiger partial charge in [-0.1, -0.05) is 27.2 Å². The van der Waals surface area contributed by atoms with Crippen LogP contribution in [0, 0.1) is 17.3 Å². The number of amides is 1. The van der Waals surface area contributed by atoms with Crippen LogP contribution < -0.4 is 5.32 Å². The second kappa shape index (κ2) is 6.93. The van der Waals surface area contributed by atoms with Crippen molar-refractivity contribution in [3.8, 4) is 0 Å². The maximum atomic E-state index is 13.0. The molecule has 3 nitrogen and oxygen atoms in total. The van der Waals surface area contributed by atoms with E-state index in [2.05, 4.69) is 31.0 Å². The van der Waals surface area contributed by atoms with Crippen LogP contribution in [0.25, 0.3) is 0 Å². The van der Waals surface area contributed by atoms with E-state index in [1.165, 1.54) is 12.8 Å². The molecule has 20 heavy (non-hydrogen) atoms. The van der Waals surface area contributed by atoms with Gasteiger partial charge in [0.05, 0.1) is 5.41 Å². The molecule has 0 aromatic rings. The van der Waals surface area contributed by atoms with Gasteiger partial charge in [0.25, 0.3) is 0 Å². The predicted octanol–water partition coefficient (Wildman–Crippen LogP) is 3.05. The van der Waals surface area contributed by atoms with Crippen LogP contribution >= 0.6 is 0 Å². The highest BCUT2D eigenvalue weighted by molar-refractivity contribution is 5.83. The summed E-state index contributed by atoms with van der Waals surface area (Å²) in [5.74, 6) is 2.01. The molecule has 1 N–H and O–H groups in total. The number of nitrogens with zero attached hydrogens (tertiary/aromatic N) is 1. The third-order valence-corrected chi connectivity index (χ3v) is 5.42. The summed E-state index contributed by atoms with van der Waals surface area (Å²) in [7, 11) is 0. The first-order chi connectivity index (χ1) is 9.59. The molecule has 2 saturated heterocycles. The molecule has 0 saturated carbocycles. The number of nitrogens with one attached hydrogen (secondary N) is 1. The van der Waals surface area contributed by atoms with E-state index in [1.54, 1.807) is 0 Å². The molecular formula is C17H32N2O. The Morgan fingerprint density at radius 3 is 2.55 bits per heavy atom. The highest BCUT2D eigenvalue weighted by Gasteiger charge is 2.42. The summed E-state index contributed by atoms with van der Waals surface area (Å²) in [5.41, 5.74) is -0.0995. The first-order valence-corrected chi connectivity index (χ1v) is 8.59. The van der Waals surface area contributed by atoms with Gasteiger partial charge in [-0.15, -0.1) is 0 Å². The van der Waals surface area contributed by atoms with Crippen LogP contribution in [0.5, 0.6) is 0 Å². The highest BCUT2D eigenvalue weighted by atomic mass is 16.2. The van der Waals surface area contributed by atoms with Gasteiger partial charge in [0, 0.05) is 19.6 Å². The Bertz CT molecular complexity index is 307. The Labute approximate surface area is 124 Å². The van der Waals surface area contributed by atoms with Gasteiger partial charge in [-0.25, -0.2) is 0 Å². The summed E-state index contributed by atoms with van der Waals surface area (Å²) < 4.78 is 0. The number of carbonyl (C=O) groups excluding carboxylic acids is 1. The van der Waals surface area contributed by atoms with Gasteiger partial charge in [0.2, 0.25) is 5.91 Å². The standard InChI is InChI=1S/C17H32N2O/c1-4-8-17(9-5-10-18-13-17)16(20)19-11-6-15(7-12-19)14(2)3/h14-15,18H,4-13H2,1-3H3. The van der Waals surface area contributed by atoms with Gasteiger partial charge in [-0.05, 0) is 50.5 Å². The van der Waals surface area contributed by atoms with Gasteiger partial charge in [-0.3, -0.25) is 4.79 Å². The van der Waals surface area contributed by atoms with Crippen LogP contribution in [0.1, 0.15) is 59.3 Å². The first-order valence-electron chi connectivity index (χ1n) is 8.59. The number of piperidine rings is 2. The Hall–Kier alpha value is -0.570. The average Bonchev–Trinajstić information content (AvgIpc) is 2.48. The molecule has 2 aliphatic rings. The van der Waals surface area contributed by atoms with Crippen molar-refractivity contribution in [1.82, 2.24) is 10.2 Å². The van der Waals surface area contributed by atoms with Gasteiger partial charge in [-0.2, -0.15) is 0 Å².